The zero-order chi connectivity index (χ0) is 10.8. The Kier molecular flexibility index (Phi) is 2.81. The van der Waals surface area contributed by atoms with E-state index in [0.717, 1.165) is 15.0 Å². The number of aromatic nitrogens is 2. The van der Waals surface area contributed by atoms with Crippen LogP contribution >= 0.6 is 22.6 Å². The number of benzene rings is 1. The molecule has 0 saturated carbocycles. The molecule has 78 valence electrons. The van der Waals surface area contributed by atoms with E-state index in [0.29, 0.717) is 5.82 Å². The zero-order valence-electron chi connectivity index (χ0n) is 8.14. The van der Waals surface area contributed by atoms with Crippen molar-refractivity contribution in [2.24, 2.45) is 0 Å². The Balaban J connectivity index is 2.49. The molecule has 5 heteroatoms. The number of hydrogen-bond donors (Lipinski definition) is 1. The van der Waals surface area contributed by atoms with Crippen LogP contribution in [0.4, 0.5) is 5.82 Å². The van der Waals surface area contributed by atoms with E-state index in [2.05, 4.69) is 27.7 Å². The summed E-state index contributed by atoms with van der Waals surface area (Å²) in [6.07, 6.45) is 1.73. The molecule has 0 spiro atoms. The van der Waals surface area contributed by atoms with E-state index < -0.39 is 0 Å². The van der Waals surface area contributed by atoms with Gasteiger partial charge in [0.15, 0.2) is 0 Å². The lowest BCUT2D eigenvalue weighted by molar-refractivity contribution is 0.414. The maximum atomic E-state index is 5.88. The fourth-order valence-electron chi connectivity index (χ4n) is 1.29. The molecule has 0 unspecified atom stereocenters. The van der Waals surface area contributed by atoms with Gasteiger partial charge in [-0.2, -0.15) is 5.10 Å². The van der Waals surface area contributed by atoms with Gasteiger partial charge in [-0.1, -0.05) is 6.07 Å². The molecular formula is C10H10IN3O. The minimum absolute atomic E-state index is 0.642. The molecule has 1 heterocycles. The molecule has 4 nitrogen and oxygen atoms in total. The predicted octanol–water partition coefficient (Wildman–Crippen LogP) is 2.07. The summed E-state index contributed by atoms with van der Waals surface area (Å²) in [6.45, 7) is 0. The van der Waals surface area contributed by atoms with Gasteiger partial charge in [-0.15, -0.1) is 0 Å². The van der Waals surface area contributed by atoms with E-state index in [1.54, 1.807) is 18.0 Å². The molecule has 0 aliphatic heterocycles. The summed E-state index contributed by atoms with van der Waals surface area (Å²) in [4.78, 5) is 0. The molecule has 0 bridgehead atoms. The number of halogens is 1. The number of rotatable bonds is 2. The van der Waals surface area contributed by atoms with E-state index in [9.17, 15) is 0 Å². The van der Waals surface area contributed by atoms with Crippen molar-refractivity contribution in [1.29, 1.82) is 0 Å². The normalized spacial score (nSPS) is 10.3. The van der Waals surface area contributed by atoms with E-state index in [1.807, 2.05) is 24.3 Å². The molecule has 1 aromatic carbocycles. The highest BCUT2D eigenvalue weighted by Gasteiger charge is 2.06. The van der Waals surface area contributed by atoms with E-state index in [1.165, 1.54) is 0 Å². The molecule has 2 aromatic rings. The van der Waals surface area contributed by atoms with Crippen molar-refractivity contribution in [3.63, 3.8) is 0 Å². The smallest absolute Gasteiger partial charge is 0.140 e. The molecule has 2 N–H and O–H groups in total. The highest BCUT2D eigenvalue weighted by molar-refractivity contribution is 14.1. The standard InChI is InChI=1S/C10H10IN3O/c1-15-8-4-2-3-7(5-8)14-10(12)9(11)6-13-14/h2-6H,12H2,1H3. The molecular weight excluding hydrogens is 305 g/mol. The molecule has 15 heavy (non-hydrogen) atoms. The first-order valence-electron chi connectivity index (χ1n) is 4.36. The molecule has 0 radical (unpaired) electrons. The van der Waals surface area contributed by atoms with Gasteiger partial charge in [-0.25, -0.2) is 4.68 Å². The third-order valence-corrected chi connectivity index (χ3v) is 2.89. The number of hydrogen-bond acceptors (Lipinski definition) is 3. The number of nitrogens with two attached hydrogens (primary N) is 1. The topological polar surface area (TPSA) is 53.1 Å². The summed E-state index contributed by atoms with van der Waals surface area (Å²) in [5, 5.41) is 4.19. The summed E-state index contributed by atoms with van der Waals surface area (Å²) in [5.41, 5.74) is 6.78. The lowest BCUT2D eigenvalue weighted by Crippen LogP contribution is -2.02. The second-order valence-corrected chi connectivity index (χ2v) is 4.15. The van der Waals surface area contributed by atoms with Gasteiger partial charge in [-0.3, -0.25) is 0 Å². The van der Waals surface area contributed by atoms with E-state index in [4.69, 9.17) is 10.5 Å². The van der Waals surface area contributed by atoms with Crippen LogP contribution in [0.15, 0.2) is 30.5 Å². The Morgan fingerprint density at radius 3 is 2.87 bits per heavy atom. The number of anilines is 1. The third-order valence-electron chi connectivity index (χ3n) is 2.06. The molecule has 0 fully saturated rings. The van der Waals surface area contributed by atoms with Crippen LogP contribution in [0.2, 0.25) is 0 Å². The molecule has 2 rings (SSSR count). The Morgan fingerprint density at radius 2 is 2.27 bits per heavy atom. The van der Waals surface area contributed by atoms with Crippen LogP contribution in [-0.4, -0.2) is 16.9 Å². The number of nitrogens with zero attached hydrogens (tertiary/aromatic N) is 2. The summed E-state index contributed by atoms with van der Waals surface area (Å²) in [6, 6.07) is 7.61. The molecule has 0 aliphatic rings. The zero-order valence-corrected chi connectivity index (χ0v) is 10.3. The number of ether oxygens (including phenoxy) is 1. The van der Waals surface area contributed by atoms with Crippen molar-refractivity contribution >= 4 is 28.4 Å². The lowest BCUT2D eigenvalue weighted by atomic mass is 10.3. The van der Waals surface area contributed by atoms with Crippen LogP contribution in [0.25, 0.3) is 5.69 Å². The van der Waals surface area contributed by atoms with Crippen molar-refractivity contribution in [3.05, 3.63) is 34.0 Å². The van der Waals surface area contributed by atoms with Crippen LogP contribution in [-0.2, 0) is 0 Å². The average Bonchev–Trinajstić information content (AvgIpc) is 2.60. The van der Waals surface area contributed by atoms with Crippen molar-refractivity contribution in [2.75, 3.05) is 12.8 Å². The second-order valence-electron chi connectivity index (χ2n) is 2.99. The quantitative estimate of drug-likeness (QED) is 0.863. The molecule has 0 amide bonds. The first kappa shape index (κ1) is 10.3. The minimum Gasteiger partial charge on any atom is -0.497 e. The minimum atomic E-state index is 0.642. The van der Waals surface area contributed by atoms with Crippen LogP contribution in [0, 0.1) is 3.57 Å². The first-order valence-corrected chi connectivity index (χ1v) is 5.43. The van der Waals surface area contributed by atoms with Crippen LogP contribution < -0.4 is 10.5 Å². The number of nitrogen functional groups attached to an aromatic ring is 1. The Morgan fingerprint density at radius 1 is 1.47 bits per heavy atom. The highest BCUT2D eigenvalue weighted by atomic mass is 127. The van der Waals surface area contributed by atoms with E-state index in [-0.39, 0.29) is 0 Å². The summed E-state index contributed by atoms with van der Waals surface area (Å²) in [7, 11) is 1.63. The van der Waals surface area contributed by atoms with Crippen molar-refractivity contribution in [2.45, 2.75) is 0 Å². The van der Waals surface area contributed by atoms with Gasteiger partial charge in [-0.05, 0) is 34.7 Å². The summed E-state index contributed by atoms with van der Waals surface area (Å²) < 4.78 is 7.76. The van der Waals surface area contributed by atoms with Crippen LogP contribution in [0.5, 0.6) is 5.75 Å². The van der Waals surface area contributed by atoms with E-state index >= 15 is 0 Å². The molecule has 0 atom stereocenters. The van der Waals surface area contributed by atoms with Gasteiger partial charge in [0, 0.05) is 6.07 Å². The van der Waals surface area contributed by atoms with Gasteiger partial charge < -0.3 is 10.5 Å². The molecule has 0 aliphatic carbocycles. The Labute approximate surface area is 101 Å². The van der Waals surface area contributed by atoms with Gasteiger partial charge in [0.05, 0.1) is 22.6 Å². The number of methoxy groups -OCH3 is 1. The summed E-state index contributed by atoms with van der Waals surface area (Å²) in [5.74, 6) is 1.43. The average molecular weight is 315 g/mol. The second kappa shape index (κ2) is 4.09. The predicted molar refractivity (Wildman–Crippen MR) is 67.2 cm³/mol. The summed E-state index contributed by atoms with van der Waals surface area (Å²) >= 11 is 2.15. The van der Waals surface area contributed by atoms with Crippen molar-refractivity contribution in [1.82, 2.24) is 9.78 Å². The monoisotopic (exact) mass is 315 g/mol. The first-order chi connectivity index (χ1) is 7.22. The van der Waals surface area contributed by atoms with Gasteiger partial charge in [0.2, 0.25) is 0 Å². The highest BCUT2D eigenvalue weighted by Crippen LogP contribution is 2.21. The molecule has 1 aromatic heterocycles. The van der Waals surface area contributed by atoms with Crippen molar-refractivity contribution in [3.8, 4) is 11.4 Å². The van der Waals surface area contributed by atoms with Crippen LogP contribution in [0.3, 0.4) is 0 Å². The van der Waals surface area contributed by atoms with Crippen LogP contribution in [0.1, 0.15) is 0 Å². The van der Waals surface area contributed by atoms with Gasteiger partial charge in [0.1, 0.15) is 11.6 Å². The van der Waals surface area contributed by atoms with Gasteiger partial charge >= 0.3 is 0 Å². The molecule has 0 saturated heterocycles. The largest absolute Gasteiger partial charge is 0.497 e. The lowest BCUT2D eigenvalue weighted by Gasteiger charge is -2.06. The maximum Gasteiger partial charge on any atom is 0.140 e. The maximum absolute atomic E-state index is 5.88. The third kappa shape index (κ3) is 1.92. The Hall–Kier alpha value is -1.24. The van der Waals surface area contributed by atoms with Crippen molar-refractivity contribution < 1.29 is 4.74 Å². The fourth-order valence-corrected chi connectivity index (χ4v) is 1.64. The SMILES string of the molecule is COc1cccc(-n2ncc(I)c2N)c1. The van der Waals surface area contributed by atoms with Gasteiger partial charge in [0.25, 0.3) is 0 Å². The fraction of sp³-hybridized carbons (Fsp3) is 0.100. The Bertz CT molecular complexity index is 481.